The summed E-state index contributed by atoms with van der Waals surface area (Å²) >= 11 is 5.82. The van der Waals surface area contributed by atoms with Gasteiger partial charge in [-0.05, 0) is 31.5 Å². The normalized spacial score (nSPS) is 10.4. The van der Waals surface area contributed by atoms with Crippen molar-refractivity contribution in [3.05, 3.63) is 46.4 Å². The Labute approximate surface area is 103 Å². The van der Waals surface area contributed by atoms with Gasteiger partial charge in [-0.25, -0.2) is 4.39 Å². The standard InChI is InChI=1S/C12H10ClFN2O/c1-7-8(2)12(16-15-11(7)13)17-10-6-4-3-5-9(10)14/h3-6H,1-2H3. The van der Waals surface area contributed by atoms with Crippen molar-refractivity contribution in [3.63, 3.8) is 0 Å². The minimum atomic E-state index is -0.443. The number of halogens is 2. The number of hydrogen-bond donors (Lipinski definition) is 0. The van der Waals surface area contributed by atoms with Gasteiger partial charge < -0.3 is 4.74 Å². The summed E-state index contributed by atoms with van der Waals surface area (Å²) in [6.07, 6.45) is 0. The fraction of sp³-hybridized carbons (Fsp3) is 0.167. The maximum absolute atomic E-state index is 13.4. The molecule has 0 saturated carbocycles. The average molecular weight is 253 g/mol. The Morgan fingerprint density at radius 2 is 1.82 bits per heavy atom. The third-order valence-corrected chi connectivity index (χ3v) is 2.82. The number of hydrogen-bond acceptors (Lipinski definition) is 3. The van der Waals surface area contributed by atoms with Crippen molar-refractivity contribution in [1.29, 1.82) is 0 Å². The summed E-state index contributed by atoms with van der Waals surface area (Å²) < 4.78 is 18.8. The van der Waals surface area contributed by atoms with Crippen molar-refractivity contribution >= 4 is 11.6 Å². The van der Waals surface area contributed by atoms with Crippen LogP contribution < -0.4 is 4.74 Å². The first-order valence-corrected chi connectivity index (χ1v) is 5.39. The molecule has 88 valence electrons. The predicted octanol–water partition coefficient (Wildman–Crippen LogP) is 3.68. The van der Waals surface area contributed by atoms with E-state index in [-0.39, 0.29) is 11.6 Å². The quantitative estimate of drug-likeness (QED) is 0.818. The summed E-state index contributed by atoms with van der Waals surface area (Å²) in [5.74, 6) is -0.0649. The van der Waals surface area contributed by atoms with Crippen LogP contribution in [-0.2, 0) is 0 Å². The first-order valence-electron chi connectivity index (χ1n) is 5.01. The molecule has 3 nitrogen and oxygen atoms in total. The molecule has 0 atom stereocenters. The fourth-order valence-electron chi connectivity index (χ4n) is 1.28. The molecule has 0 spiro atoms. The lowest BCUT2D eigenvalue weighted by Crippen LogP contribution is -1.98. The van der Waals surface area contributed by atoms with Crippen molar-refractivity contribution in [1.82, 2.24) is 10.2 Å². The van der Waals surface area contributed by atoms with E-state index in [0.717, 1.165) is 11.1 Å². The summed E-state index contributed by atoms with van der Waals surface area (Å²) in [4.78, 5) is 0. The van der Waals surface area contributed by atoms with Gasteiger partial charge in [-0.1, -0.05) is 23.7 Å². The van der Waals surface area contributed by atoms with Gasteiger partial charge in [0.05, 0.1) is 0 Å². The highest BCUT2D eigenvalue weighted by Crippen LogP contribution is 2.28. The van der Waals surface area contributed by atoms with Gasteiger partial charge in [-0.3, -0.25) is 0 Å². The van der Waals surface area contributed by atoms with Gasteiger partial charge in [-0.2, -0.15) is 0 Å². The van der Waals surface area contributed by atoms with Crippen LogP contribution in [0.5, 0.6) is 11.6 Å². The summed E-state index contributed by atoms with van der Waals surface area (Å²) in [5, 5.41) is 7.86. The number of para-hydroxylation sites is 1. The molecule has 2 aromatic rings. The highest BCUT2D eigenvalue weighted by Gasteiger charge is 2.11. The molecule has 0 fully saturated rings. The Balaban J connectivity index is 2.38. The third-order valence-electron chi connectivity index (χ3n) is 2.46. The van der Waals surface area contributed by atoms with Crippen LogP contribution in [0.1, 0.15) is 11.1 Å². The van der Waals surface area contributed by atoms with Crippen molar-refractivity contribution in [2.75, 3.05) is 0 Å². The molecule has 0 aliphatic carbocycles. The van der Waals surface area contributed by atoms with Gasteiger partial charge in [0.2, 0.25) is 5.88 Å². The molecular formula is C12H10ClFN2O. The molecule has 0 aliphatic rings. The van der Waals surface area contributed by atoms with Crippen LogP contribution >= 0.6 is 11.6 Å². The van der Waals surface area contributed by atoms with Gasteiger partial charge in [-0.15, -0.1) is 10.2 Å². The van der Waals surface area contributed by atoms with Crippen molar-refractivity contribution in [2.24, 2.45) is 0 Å². The second-order valence-electron chi connectivity index (χ2n) is 3.58. The summed E-state index contributed by atoms with van der Waals surface area (Å²) in [5.41, 5.74) is 1.52. The van der Waals surface area contributed by atoms with Crippen molar-refractivity contribution in [3.8, 4) is 11.6 Å². The van der Waals surface area contributed by atoms with E-state index in [0.29, 0.717) is 5.15 Å². The molecule has 0 amide bonds. The Hall–Kier alpha value is -1.68. The SMILES string of the molecule is Cc1c(Cl)nnc(Oc2ccccc2F)c1C. The fourth-order valence-corrected chi connectivity index (χ4v) is 1.46. The molecule has 0 aliphatic heterocycles. The second-order valence-corrected chi connectivity index (χ2v) is 3.94. The third kappa shape index (κ3) is 2.36. The van der Waals surface area contributed by atoms with Crippen LogP contribution in [0, 0.1) is 19.7 Å². The Kier molecular flexibility index (Phi) is 3.24. The molecule has 0 bridgehead atoms. The van der Waals surface area contributed by atoms with E-state index in [9.17, 15) is 4.39 Å². The zero-order valence-corrected chi connectivity index (χ0v) is 10.1. The Morgan fingerprint density at radius 3 is 2.53 bits per heavy atom. The first-order chi connectivity index (χ1) is 8.09. The molecule has 17 heavy (non-hydrogen) atoms. The zero-order chi connectivity index (χ0) is 12.4. The monoisotopic (exact) mass is 252 g/mol. The molecule has 0 saturated heterocycles. The average Bonchev–Trinajstić information content (AvgIpc) is 2.32. The van der Waals surface area contributed by atoms with E-state index in [1.807, 2.05) is 0 Å². The first kappa shape index (κ1) is 11.8. The van der Waals surface area contributed by atoms with E-state index in [2.05, 4.69) is 10.2 Å². The lowest BCUT2D eigenvalue weighted by molar-refractivity contribution is 0.418. The lowest BCUT2D eigenvalue weighted by Gasteiger charge is -2.09. The molecule has 0 radical (unpaired) electrons. The molecule has 1 aromatic carbocycles. The van der Waals surface area contributed by atoms with E-state index < -0.39 is 5.82 Å². The number of ether oxygens (including phenoxy) is 1. The molecule has 5 heteroatoms. The molecule has 0 N–H and O–H groups in total. The molecule has 1 aromatic heterocycles. The smallest absolute Gasteiger partial charge is 0.242 e. The van der Waals surface area contributed by atoms with Crippen LogP contribution in [0.15, 0.2) is 24.3 Å². The maximum atomic E-state index is 13.4. The topological polar surface area (TPSA) is 35.0 Å². The van der Waals surface area contributed by atoms with Crippen molar-refractivity contribution < 1.29 is 9.13 Å². The maximum Gasteiger partial charge on any atom is 0.242 e. The lowest BCUT2D eigenvalue weighted by atomic mass is 10.2. The number of aromatic nitrogens is 2. The minimum Gasteiger partial charge on any atom is -0.434 e. The van der Waals surface area contributed by atoms with Gasteiger partial charge in [0.15, 0.2) is 16.7 Å². The number of rotatable bonds is 2. The van der Waals surface area contributed by atoms with Gasteiger partial charge in [0.1, 0.15) is 0 Å². The Morgan fingerprint density at radius 1 is 1.12 bits per heavy atom. The summed E-state index contributed by atoms with van der Waals surface area (Å²) in [6.45, 7) is 3.60. The highest BCUT2D eigenvalue weighted by atomic mass is 35.5. The predicted molar refractivity (Wildman–Crippen MR) is 63.0 cm³/mol. The number of benzene rings is 1. The zero-order valence-electron chi connectivity index (χ0n) is 9.37. The largest absolute Gasteiger partial charge is 0.434 e. The second kappa shape index (κ2) is 4.67. The van der Waals surface area contributed by atoms with Crippen LogP contribution in [0.2, 0.25) is 5.15 Å². The minimum absolute atomic E-state index is 0.117. The molecule has 1 heterocycles. The summed E-state index contributed by atoms with van der Waals surface area (Å²) in [6, 6.07) is 6.12. The van der Waals surface area contributed by atoms with Crippen LogP contribution in [0.4, 0.5) is 4.39 Å². The molecule has 2 rings (SSSR count). The molecule has 0 unspecified atom stereocenters. The number of nitrogens with zero attached hydrogens (tertiary/aromatic N) is 2. The summed E-state index contributed by atoms with van der Waals surface area (Å²) in [7, 11) is 0. The van der Waals surface area contributed by atoms with Crippen LogP contribution in [-0.4, -0.2) is 10.2 Å². The van der Waals surface area contributed by atoms with E-state index in [4.69, 9.17) is 16.3 Å². The van der Waals surface area contributed by atoms with Gasteiger partial charge in [0, 0.05) is 5.56 Å². The van der Waals surface area contributed by atoms with Gasteiger partial charge in [0.25, 0.3) is 0 Å². The van der Waals surface area contributed by atoms with Crippen LogP contribution in [0.3, 0.4) is 0 Å². The highest BCUT2D eigenvalue weighted by molar-refractivity contribution is 6.30. The van der Waals surface area contributed by atoms with E-state index in [1.165, 1.54) is 12.1 Å². The van der Waals surface area contributed by atoms with E-state index >= 15 is 0 Å². The van der Waals surface area contributed by atoms with Crippen LogP contribution in [0.25, 0.3) is 0 Å². The van der Waals surface area contributed by atoms with E-state index in [1.54, 1.807) is 26.0 Å². The van der Waals surface area contributed by atoms with Crippen molar-refractivity contribution in [2.45, 2.75) is 13.8 Å². The molecular weight excluding hydrogens is 243 g/mol. The van der Waals surface area contributed by atoms with Gasteiger partial charge >= 0.3 is 0 Å². The Bertz CT molecular complexity index is 560.